The lowest BCUT2D eigenvalue weighted by molar-refractivity contribution is -0.128. The van der Waals surface area contributed by atoms with Gasteiger partial charge in [0.25, 0.3) is 0 Å². The molecular formula is C10H18N2O. The summed E-state index contributed by atoms with van der Waals surface area (Å²) in [6, 6.07) is 0.271. The Labute approximate surface area is 79.1 Å². The number of nitrogens with one attached hydrogen (secondary N) is 1. The minimum absolute atomic E-state index is 0.206. The van der Waals surface area contributed by atoms with Crippen LogP contribution in [-0.2, 0) is 4.79 Å². The fourth-order valence-corrected chi connectivity index (χ4v) is 1.71. The van der Waals surface area contributed by atoms with Crippen molar-refractivity contribution >= 4 is 5.91 Å². The van der Waals surface area contributed by atoms with Crippen LogP contribution in [0, 0.1) is 11.3 Å². The van der Waals surface area contributed by atoms with Crippen molar-refractivity contribution in [1.29, 1.82) is 0 Å². The SMILES string of the molecule is CC1(CNC(=O)C2CC(N)C2)CC1. The first-order chi connectivity index (χ1) is 6.09. The highest BCUT2D eigenvalue weighted by molar-refractivity contribution is 5.79. The maximum atomic E-state index is 11.5. The van der Waals surface area contributed by atoms with Crippen LogP contribution in [0.2, 0.25) is 0 Å². The van der Waals surface area contributed by atoms with Gasteiger partial charge in [0, 0.05) is 18.5 Å². The maximum Gasteiger partial charge on any atom is 0.223 e. The molecule has 0 atom stereocenters. The Kier molecular flexibility index (Phi) is 2.06. The molecule has 13 heavy (non-hydrogen) atoms. The molecule has 0 aromatic rings. The lowest BCUT2D eigenvalue weighted by Crippen LogP contribution is -2.46. The van der Waals surface area contributed by atoms with Gasteiger partial charge in [0.15, 0.2) is 0 Å². The van der Waals surface area contributed by atoms with Crippen molar-refractivity contribution in [3.05, 3.63) is 0 Å². The summed E-state index contributed by atoms with van der Waals surface area (Å²) in [5, 5.41) is 3.01. The van der Waals surface area contributed by atoms with Gasteiger partial charge in [0.1, 0.15) is 0 Å². The van der Waals surface area contributed by atoms with Crippen LogP contribution >= 0.6 is 0 Å². The molecular weight excluding hydrogens is 164 g/mol. The van der Waals surface area contributed by atoms with Crippen LogP contribution in [-0.4, -0.2) is 18.5 Å². The van der Waals surface area contributed by atoms with Crippen LogP contribution in [0.25, 0.3) is 0 Å². The lowest BCUT2D eigenvalue weighted by Gasteiger charge is -2.31. The number of rotatable bonds is 3. The van der Waals surface area contributed by atoms with Gasteiger partial charge in [0.2, 0.25) is 5.91 Å². The predicted molar refractivity (Wildman–Crippen MR) is 51.1 cm³/mol. The molecule has 2 fully saturated rings. The van der Waals surface area contributed by atoms with E-state index in [1.54, 1.807) is 0 Å². The average Bonchev–Trinajstić information content (AvgIpc) is 2.75. The van der Waals surface area contributed by atoms with Gasteiger partial charge < -0.3 is 11.1 Å². The van der Waals surface area contributed by atoms with Gasteiger partial charge in [0.05, 0.1) is 0 Å². The Balaban J connectivity index is 1.67. The first-order valence-corrected chi connectivity index (χ1v) is 5.12. The molecule has 0 aromatic heterocycles. The van der Waals surface area contributed by atoms with Gasteiger partial charge in [-0.05, 0) is 31.1 Å². The summed E-state index contributed by atoms with van der Waals surface area (Å²) in [5.41, 5.74) is 6.04. The molecule has 0 aliphatic heterocycles. The number of hydrogen-bond donors (Lipinski definition) is 2. The van der Waals surface area contributed by atoms with Crippen LogP contribution in [0.5, 0.6) is 0 Å². The molecule has 2 aliphatic carbocycles. The second-order valence-corrected chi connectivity index (χ2v) is 4.96. The molecule has 0 radical (unpaired) electrons. The van der Waals surface area contributed by atoms with E-state index in [-0.39, 0.29) is 17.9 Å². The number of carbonyl (C=O) groups is 1. The highest BCUT2D eigenvalue weighted by Gasteiger charge is 2.39. The summed E-state index contributed by atoms with van der Waals surface area (Å²) in [6.07, 6.45) is 4.28. The summed E-state index contributed by atoms with van der Waals surface area (Å²) in [4.78, 5) is 11.5. The molecule has 2 aliphatic rings. The van der Waals surface area contributed by atoms with Crippen LogP contribution in [0.15, 0.2) is 0 Å². The monoisotopic (exact) mass is 182 g/mol. The van der Waals surface area contributed by atoms with Gasteiger partial charge in [-0.3, -0.25) is 4.79 Å². The molecule has 0 bridgehead atoms. The molecule has 3 heteroatoms. The number of amides is 1. The van der Waals surface area contributed by atoms with Gasteiger partial charge >= 0.3 is 0 Å². The summed E-state index contributed by atoms with van der Waals surface area (Å²) < 4.78 is 0. The van der Waals surface area contributed by atoms with Gasteiger partial charge in [-0.15, -0.1) is 0 Å². The topological polar surface area (TPSA) is 55.1 Å². The van der Waals surface area contributed by atoms with E-state index in [1.165, 1.54) is 12.8 Å². The van der Waals surface area contributed by atoms with E-state index in [9.17, 15) is 4.79 Å². The third kappa shape index (κ3) is 2.02. The van der Waals surface area contributed by atoms with Crippen molar-refractivity contribution in [3.63, 3.8) is 0 Å². The minimum atomic E-state index is 0.206. The lowest BCUT2D eigenvalue weighted by atomic mass is 9.80. The zero-order chi connectivity index (χ0) is 9.47. The van der Waals surface area contributed by atoms with Crippen LogP contribution in [0.1, 0.15) is 32.6 Å². The third-order valence-electron chi connectivity index (χ3n) is 3.34. The molecule has 0 saturated heterocycles. The van der Waals surface area contributed by atoms with Crippen molar-refractivity contribution in [2.75, 3.05) is 6.54 Å². The minimum Gasteiger partial charge on any atom is -0.355 e. The van der Waals surface area contributed by atoms with Crippen molar-refractivity contribution < 1.29 is 4.79 Å². The Morgan fingerprint density at radius 2 is 2.15 bits per heavy atom. The Hall–Kier alpha value is -0.570. The van der Waals surface area contributed by atoms with E-state index in [0.29, 0.717) is 5.41 Å². The van der Waals surface area contributed by atoms with Gasteiger partial charge in [-0.1, -0.05) is 6.92 Å². The quantitative estimate of drug-likeness (QED) is 0.673. The standard InChI is InChI=1S/C10H18N2O/c1-10(2-3-10)6-12-9(13)7-4-8(11)5-7/h7-8H,2-6,11H2,1H3,(H,12,13). The van der Waals surface area contributed by atoms with E-state index in [1.807, 2.05) is 0 Å². The second kappa shape index (κ2) is 2.98. The summed E-state index contributed by atoms with van der Waals surface area (Å²) in [6.45, 7) is 3.08. The van der Waals surface area contributed by atoms with Crippen LogP contribution < -0.4 is 11.1 Å². The molecule has 0 unspecified atom stereocenters. The van der Waals surface area contributed by atoms with Crippen molar-refractivity contribution in [1.82, 2.24) is 5.32 Å². The third-order valence-corrected chi connectivity index (χ3v) is 3.34. The fourth-order valence-electron chi connectivity index (χ4n) is 1.71. The zero-order valence-corrected chi connectivity index (χ0v) is 8.18. The first kappa shape index (κ1) is 9.00. The second-order valence-electron chi connectivity index (χ2n) is 4.96. The fraction of sp³-hybridized carbons (Fsp3) is 0.900. The van der Waals surface area contributed by atoms with Crippen molar-refractivity contribution in [2.24, 2.45) is 17.1 Å². The smallest absolute Gasteiger partial charge is 0.223 e. The zero-order valence-electron chi connectivity index (χ0n) is 8.18. The van der Waals surface area contributed by atoms with Gasteiger partial charge in [-0.2, -0.15) is 0 Å². The molecule has 0 aromatic carbocycles. The molecule has 3 N–H and O–H groups in total. The van der Waals surface area contributed by atoms with Gasteiger partial charge in [-0.25, -0.2) is 0 Å². The number of hydrogen-bond acceptors (Lipinski definition) is 2. The van der Waals surface area contributed by atoms with Crippen LogP contribution in [0.3, 0.4) is 0 Å². The largest absolute Gasteiger partial charge is 0.355 e. The molecule has 1 amide bonds. The van der Waals surface area contributed by atoms with Crippen molar-refractivity contribution in [2.45, 2.75) is 38.6 Å². The molecule has 0 spiro atoms. The Morgan fingerprint density at radius 3 is 2.62 bits per heavy atom. The van der Waals surface area contributed by atoms with E-state index in [0.717, 1.165) is 19.4 Å². The predicted octanol–water partition coefficient (Wildman–Crippen LogP) is 0.640. The average molecular weight is 182 g/mol. The first-order valence-electron chi connectivity index (χ1n) is 5.12. The molecule has 74 valence electrons. The molecule has 3 nitrogen and oxygen atoms in total. The summed E-state index contributed by atoms with van der Waals surface area (Å²) in [7, 11) is 0. The van der Waals surface area contributed by atoms with Crippen LogP contribution in [0.4, 0.5) is 0 Å². The molecule has 2 saturated carbocycles. The van der Waals surface area contributed by atoms with E-state index < -0.39 is 0 Å². The summed E-state index contributed by atoms with van der Waals surface area (Å²) in [5.74, 6) is 0.423. The summed E-state index contributed by atoms with van der Waals surface area (Å²) >= 11 is 0. The van der Waals surface area contributed by atoms with E-state index in [4.69, 9.17) is 5.73 Å². The normalized spacial score (nSPS) is 34.9. The van der Waals surface area contributed by atoms with E-state index >= 15 is 0 Å². The Morgan fingerprint density at radius 1 is 1.54 bits per heavy atom. The highest BCUT2D eigenvalue weighted by Crippen LogP contribution is 2.44. The van der Waals surface area contributed by atoms with Crippen molar-refractivity contribution in [3.8, 4) is 0 Å². The highest BCUT2D eigenvalue weighted by atomic mass is 16.1. The van der Waals surface area contributed by atoms with E-state index in [2.05, 4.69) is 12.2 Å². The number of nitrogens with two attached hydrogens (primary N) is 1. The molecule has 0 heterocycles. The maximum absolute atomic E-state index is 11.5. The Bertz CT molecular complexity index is 217. The molecule has 2 rings (SSSR count). The number of carbonyl (C=O) groups excluding carboxylic acids is 1.